The first kappa shape index (κ1) is 70.7. The highest BCUT2D eigenvalue weighted by Gasteiger charge is 2.45. The highest BCUT2D eigenvalue weighted by molar-refractivity contribution is 8.00. The van der Waals surface area contributed by atoms with Crippen LogP contribution in [0.4, 0.5) is 0 Å². The number of rotatable bonds is 34. The number of thioether (sulfide) groups is 1. The van der Waals surface area contributed by atoms with Crippen LogP contribution in [-0.2, 0) is 43.1 Å². The molecule has 434 valence electrons. The van der Waals surface area contributed by atoms with Gasteiger partial charge in [-0.1, -0.05) is 81.4 Å². The molecule has 0 aromatic carbocycles. The molecular weight excluding hydrogens is 979 g/mol. The fourth-order valence-corrected chi connectivity index (χ4v) is 10.4. The van der Waals surface area contributed by atoms with Gasteiger partial charge in [-0.15, -0.1) is 11.8 Å². The van der Waals surface area contributed by atoms with Crippen molar-refractivity contribution in [2.75, 3.05) is 68.2 Å². The van der Waals surface area contributed by atoms with Gasteiger partial charge in [0.2, 0.25) is 41.4 Å². The molecule has 0 aliphatic rings. The molecule has 0 heterocycles. The average Bonchev–Trinajstić information content (AvgIpc) is 3.34. The smallest absolute Gasteiger partial charge is 0.256 e. The summed E-state index contributed by atoms with van der Waals surface area (Å²) in [5.41, 5.74) is 5.05. The maximum atomic E-state index is 15.1. The SMILES string of the molecule is C/C=C/C[C@@H](C)[C@@H](O)[C@@H](C(=O)N[C@@H](CC)C(=O)N(C)[C@H](SCCN(CC)C(C)C)C(=O)N(C)[C@@H](CC(C)(C)OC)C(N)=O)N(C)C(=O)[C@H](C(C)C)N(C)C(=O)[C@H](CC(C)C)N(C)C(=O)[C@H](CC(C)C)N(C)C(=O)CC. The topological polar surface area (TPSA) is 227 Å². The van der Waals surface area contributed by atoms with Crippen LogP contribution in [0.15, 0.2) is 12.2 Å². The van der Waals surface area contributed by atoms with Crippen LogP contribution in [0, 0.1) is 23.7 Å². The Labute approximate surface area is 456 Å². The normalized spacial score (nSPS) is 15.7. The lowest BCUT2D eigenvalue weighted by Crippen LogP contribution is -2.63. The minimum Gasteiger partial charge on any atom is -0.390 e. The zero-order valence-electron chi connectivity index (χ0n) is 50.3. The van der Waals surface area contributed by atoms with Crippen LogP contribution in [0.1, 0.15) is 142 Å². The second-order valence-corrected chi connectivity index (χ2v) is 23.5. The van der Waals surface area contributed by atoms with Gasteiger partial charge in [0.1, 0.15) is 36.3 Å². The number of nitrogens with zero attached hydrogens (tertiary/aromatic N) is 7. The largest absolute Gasteiger partial charge is 0.390 e. The summed E-state index contributed by atoms with van der Waals surface area (Å²) < 4.78 is 5.57. The number of primary amides is 1. The first-order valence-electron chi connectivity index (χ1n) is 27.0. The molecule has 0 fully saturated rings. The van der Waals surface area contributed by atoms with Crippen molar-refractivity contribution >= 4 is 59.0 Å². The summed E-state index contributed by atoms with van der Waals surface area (Å²) in [6.07, 6.45) is 3.49. The molecule has 0 aromatic heterocycles. The van der Waals surface area contributed by atoms with Crippen molar-refractivity contribution in [2.24, 2.45) is 29.4 Å². The number of carbonyl (C=O) groups is 8. The predicted molar refractivity (Wildman–Crippen MR) is 300 cm³/mol. The van der Waals surface area contributed by atoms with E-state index >= 15 is 4.79 Å². The van der Waals surface area contributed by atoms with E-state index < -0.39 is 107 Å². The van der Waals surface area contributed by atoms with E-state index in [0.29, 0.717) is 25.1 Å². The molecule has 0 bridgehead atoms. The summed E-state index contributed by atoms with van der Waals surface area (Å²) in [5, 5.41) is 13.8. The first-order chi connectivity index (χ1) is 34.7. The van der Waals surface area contributed by atoms with Crippen molar-refractivity contribution in [3.63, 3.8) is 0 Å². The number of ether oxygens (including phenoxy) is 1. The van der Waals surface area contributed by atoms with E-state index in [2.05, 4.69) is 24.1 Å². The molecule has 9 atom stereocenters. The second-order valence-electron chi connectivity index (χ2n) is 22.3. The molecule has 0 rings (SSSR count). The molecular formula is C55H103N9O10S. The van der Waals surface area contributed by atoms with E-state index in [1.54, 1.807) is 62.6 Å². The monoisotopic (exact) mass is 1080 g/mol. The third-order valence-corrected chi connectivity index (χ3v) is 15.6. The second kappa shape index (κ2) is 33.1. The van der Waals surface area contributed by atoms with Gasteiger partial charge in [0.25, 0.3) is 5.91 Å². The Morgan fingerprint density at radius 2 is 1.17 bits per heavy atom. The van der Waals surface area contributed by atoms with Crippen molar-refractivity contribution in [1.29, 1.82) is 0 Å². The van der Waals surface area contributed by atoms with Crippen LogP contribution in [0.5, 0.6) is 0 Å². The quantitative estimate of drug-likeness (QED) is 0.0590. The molecule has 0 saturated heterocycles. The molecule has 19 nitrogen and oxygen atoms in total. The predicted octanol–water partition coefficient (Wildman–Crippen LogP) is 4.69. The Morgan fingerprint density at radius 1 is 0.680 bits per heavy atom. The van der Waals surface area contributed by atoms with Crippen LogP contribution in [0.25, 0.3) is 0 Å². The van der Waals surface area contributed by atoms with E-state index in [1.165, 1.54) is 71.6 Å². The van der Waals surface area contributed by atoms with Gasteiger partial charge in [-0.2, -0.15) is 0 Å². The van der Waals surface area contributed by atoms with Crippen molar-refractivity contribution in [1.82, 2.24) is 39.6 Å². The fourth-order valence-electron chi connectivity index (χ4n) is 9.21. The summed E-state index contributed by atoms with van der Waals surface area (Å²) in [5.74, 6) is -5.22. The fraction of sp³-hybridized carbons (Fsp3) is 0.818. The van der Waals surface area contributed by atoms with Crippen LogP contribution < -0.4 is 11.1 Å². The Morgan fingerprint density at radius 3 is 1.60 bits per heavy atom. The van der Waals surface area contributed by atoms with Gasteiger partial charge < -0.3 is 55.2 Å². The van der Waals surface area contributed by atoms with Crippen LogP contribution in [0.2, 0.25) is 0 Å². The average molecular weight is 1080 g/mol. The van der Waals surface area contributed by atoms with Crippen molar-refractivity contribution in [3.05, 3.63) is 12.2 Å². The first-order valence-corrected chi connectivity index (χ1v) is 28.1. The standard InChI is InChI=1S/C55H103N9O10S/c1-23-27-28-38(13)46(66)45(62(20)52(72)44(36(9)10)61(19)51(71)41(32-35(7)8)59(17)50(70)40(31-34(5)6)58(16)43(65)25-3)48(68)57-39(24-2)49(69)63(21)54(75-30-29-64(26-4)37(11)12)53(73)60(18)42(47(56)67)33-55(14,15)74-22/h23,27,34-42,44-46,54,66H,24-26,28-33H2,1-22H3,(H2,56,67)(H,57,68)/b27-23+/t38-,39+,40+,41+,42+,44+,45+,46-,54-/m1/s1. The molecule has 0 radical (unpaired) electrons. The van der Waals surface area contributed by atoms with Crippen LogP contribution >= 0.6 is 11.8 Å². The zero-order valence-corrected chi connectivity index (χ0v) is 51.1. The number of hydrogen-bond donors (Lipinski definition) is 3. The number of allylic oxidation sites excluding steroid dienone is 2. The van der Waals surface area contributed by atoms with E-state index in [9.17, 15) is 38.7 Å². The summed E-state index contributed by atoms with van der Waals surface area (Å²) >= 11 is 1.22. The molecule has 75 heavy (non-hydrogen) atoms. The summed E-state index contributed by atoms with van der Waals surface area (Å²) in [6.45, 7) is 29.3. The molecule has 0 aliphatic carbocycles. The molecule has 20 heteroatoms. The number of likely N-dealkylation sites (N-methyl/N-ethyl adjacent to an activating group) is 6. The Bertz CT molecular complexity index is 1880. The van der Waals surface area contributed by atoms with E-state index in [1.807, 2.05) is 53.7 Å². The highest BCUT2D eigenvalue weighted by atomic mass is 32.2. The van der Waals surface area contributed by atoms with Gasteiger partial charge in [-0.25, -0.2) is 0 Å². The number of nitrogens with two attached hydrogens (primary N) is 1. The third kappa shape index (κ3) is 20.9. The van der Waals surface area contributed by atoms with Crippen molar-refractivity contribution in [2.45, 2.75) is 202 Å². The number of aliphatic hydroxyl groups is 1. The van der Waals surface area contributed by atoms with Crippen molar-refractivity contribution in [3.8, 4) is 0 Å². The minimum absolute atomic E-state index is 0.0542. The minimum atomic E-state index is -1.57. The lowest BCUT2D eigenvalue weighted by atomic mass is 9.91. The molecule has 4 N–H and O–H groups in total. The number of hydrogen-bond acceptors (Lipinski definition) is 12. The Balaban J connectivity index is 7.47. The van der Waals surface area contributed by atoms with Gasteiger partial charge >= 0.3 is 0 Å². The number of carbonyl (C=O) groups excluding carboxylic acids is 8. The molecule has 0 aromatic rings. The van der Waals surface area contributed by atoms with Gasteiger partial charge in [0.15, 0.2) is 5.37 Å². The van der Waals surface area contributed by atoms with Gasteiger partial charge in [-0.05, 0) is 90.5 Å². The number of aliphatic hydroxyl groups excluding tert-OH is 1. The molecule has 0 saturated carbocycles. The summed E-state index contributed by atoms with van der Waals surface area (Å²) in [7, 11) is 10.4. The lowest BCUT2D eigenvalue weighted by molar-refractivity contribution is -0.157. The van der Waals surface area contributed by atoms with Crippen LogP contribution in [-0.4, -0.2) is 214 Å². The van der Waals surface area contributed by atoms with E-state index in [0.717, 1.165) is 11.4 Å². The van der Waals surface area contributed by atoms with Gasteiger partial charge in [0, 0.05) is 80.6 Å². The maximum Gasteiger partial charge on any atom is 0.256 e. The molecule has 0 spiro atoms. The lowest BCUT2D eigenvalue weighted by Gasteiger charge is -2.41. The molecule has 0 unspecified atom stereocenters. The van der Waals surface area contributed by atoms with Crippen molar-refractivity contribution < 1.29 is 48.2 Å². The molecule has 8 amide bonds. The Hall–Kier alpha value is -4.27. The summed E-state index contributed by atoms with van der Waals surface area (Å²) in [4.78, 5) is 124. The van der Waals surface area contributed by atoms with E-state index in [-0.39, 0.29) is 49.5 Å². The van der Waals surface area contributed by atoms with Gasteiger partial charge in [0.05, 0.1) is 11.7 Å². The van der Waals surface area contributed by atoms with E-state index in [4.69, 9.17) is 10.5 Å². The zero-order chi connectivity index (χ0) is 58.6. The number of amides is 8. The number of methoxy groups -OCH3 is 1. The molecule has 0 aliphatic heterocycles. The summed E-state index contributed by atoms with van der Waals surface area (Å²) in [6, 6.07) is -6.70. The van der Waals surface area contributed by atoms with Gasteiger partial charge in [-0.3, -0.25) is 38.4 Å². The van der Waals surface area contributed by atoms with Crippen LogP contribution in [0.3, 0.4) is 0 Å². The Kier molecular flexibility index (Phi) is 31.2. The number of nitrogens with one attached hydrogen (secondary N) is 1. The maximum absolute atomic E-state index is 15.1. The highest BCUT2D eigenvalue weighted by Crippen LogP contribution is 2.27. The third-order valence-electron chi connectivity index (χ3n) is 14.4.